The van der Waals surface area contributed by atoms with Crippen LogP contribution in [0.25, 0.3) is 0 Å². The summed E-state index contributed by atoms with van der Waals surface area (Å²) >= 11 is 0. The van der Waals surface area contributed by atoms with E-state index in [1.54, 1.807) is 0 Å². The van der Waals surface area contributed by atoms with E-state index in [-0.39, 0.29) is 0 Å². The zero-order valence-corrected chi connectivity index (χ0v) is 35.6. The molecule has 0 amide bonds. The van der Waals surface area contributed by atoms with Gasteiger partial charge in [-0.1, -0.05) is 121 Å². The molecule has 0 spiro atoms. The summed E-state index contributed by atoms with van der Waals surface area (Å²) in [4.78, 5) is 34.1. The van der Waals surface area contributed by atoms with E-state index in [1.807, 2.05) is 0 Å². The molecule has 0 aromatic heterocycles. The molecule has 0 heterocycles. The van der Waals surface area contributed by atoms with Gasteiger partial charge >= 0.3 is 0 Å². The Hall–Kier alpha value is -4.05. The molecular weight excluding hydrogens is 689 g/mol. The molecule has 0 N–H and O–H groups in total. The highest BCUT2D eigenvalue weighted by Gasteiger charge is 2.09. The van der Waals surface area contributed by atoms with Gasteiger partial charge in [0.1, 0.15) is 26.2 Å². The van der Waals surface area contributed by atoms with Gasteiger partial charge in [-0.25, -0.2) is 0 Å². The maximum absolute atomic E-state index is 8.52. The van der Waals surface area contributed by atoms with Crippen LogP contribution in [-0.4, -0.2) is 121 Å². The molecule has 12 heteroatoms. The molecule has 0 aliphatic carbocycles. The smallest absolute Gasteiger partial charge is 0.104 e. The normalized spacial score (nSPS) is 10.7. The van der Waals surface area contributed by atoms with Crippen molar-refractivity contribution < 1.29 is 46.0 Å². The van der Waals surface area contributed by atoms with Gasteiger partial charge in [0.2, 0.25) is 0 Å². The fraction of sp³-hybridized carbons (Fsp3) is 0.400. The summed E-state index contributed by atoms with van der Waals surface area (Å²) < 4.78 is 21.0. The molecule has 52 heavy (non-hydrogen) atoms. The van der Waals surface area contributed by atoms with E-state index >= 15 is 0 Å². The molecule has 0 atom stereocenters. The molecule has 0 aliphatic heterocycles. The monoisotopic (exact) mass is 752 g/mol. The van der Waals surface area contributed by atoms with Gasteiger partial charge in [-0.05, 0) is 0 Å². The van der Waals surface area contributed by atoms with Gasteiger partial charge < -0.3 is 46.0 Å². The summed E-state index contributed by atoms with van der Waals surface area (Å²) in [7, 11) is 19.2. The van der Waals surface area contributed by atoms with Crippen molar-refractivity contribution in [2.75, 3.05) is 84.6 Å². The highest BCUT2D eigenvalue weighted by Crippen LogP contribution is 2.07. The van der Waals surface area contributed by atoms with Crippen LogP contribution in [-0.2, 0) is 35.1 Å². The van der Waals surface area contributed by atoms with Crippen LogP contribution in [0, 0.1) is 0 Å². The summed E-state index contributed by atoms with van der Waals surface area (Å²) in [6, 6.07) is 42.3. The third-order valence-electron chi connectivity index (χ3n) is 6.00. The van der Waals surface area contributed by atoms with Gasteiger partial charge in [-0.3, -0.25) is 0 Å². The van der Waals surface area contributed by atoms with Crippen molar-refractivity contribution in [2.24, 2.45) is 0 Å². The van der Waals surface area contributed by atoms with E-state index in [0.29, 0.717) is 0 Å². The lowest BCUT2D eigenvalue weighted by Gasteiger charge is -2.23. The van der Waals surface area contributed by atoms with Gasteiger partial charge in [-0.15, -0.1) is 0 Å². The number of benzene rings is 4. The Bertz CT molecular complexity index is 1250. The van der Waals surface area contributed by atoms with Gasteiger partial charge in [0, 0.05) is 40.6 Å². The Labute approximate surface area is 317 Å². The number of quaternary nitrogens is 4. The van der Waals surface area contributed by atoms with Crippen LogP contribution in [0.1, 0.15) is 22.3 Å². The van der Waals surface area contributed by atoms with Gasteiger partial charge in [-0.2, -0.15) is 0 Å². The Morgan fingerprint density at radius 3 is 0.538 bits per heavy atom. The molecule has 0 saturated carbocycles. The largest absolute Gasteiger partial charge is 0.672 e. The van der Waals surface area contributed by atoms with Gasteiger partial charge in [0.05, 0.1) is 84.6 Å². The lowest BCUT2D eigenvalue weighted by molar-refractivity contribution is -0.884. The second-order valence-corrected chi connectivity index (χ2v) is 17.2. The Morgan fingerprint density at radius 2 is 0.442 bits per heavy atom. The van der Waals surface area contributed by atoms with Crippen molar-refractivity contribution in [3.05, 3.63) is 144 Å². The lowest BCUT2D eigenvalue weighted by atomic mass is 10.2. The highest BCUT2D eigenvalue weighted by molar-refractivity contribution is 6.17. The van der Waals surface area contributed by atoms with Crippen LogP contribution < -0.4 is 19.2 Å². The Balaban J connectivity index is 0. The molecule has 4 aromatic carbocycles. The average Bonchev–Trinajstić information content (AvgIpc) is 2.96. The summed E-state index contributed by atoms with van der Waals surface area (Å²) in [6.07, 6.45) is 0. The minimum atomic E-state index is -3.63. The van der Waals surface area contributed by atoms with Crippen molar-refractivity contribution in [3.8, 4) is 0 Å². The van der Waals surface area contributed by atoms with Crippen molar-refractivity contribution in [1.29, 1.82) is 0 Å². The van der Waals surface area contributed by atoms with Crippen molar-refractivity contribution >= 4 is 18.3 Å². The van der Waals surface area contributed by atoms with Crippen LogP contribution in [0.5, 0.6) is 0 Å². The summed E-state index contributed by atoms with van der Waals surface area (Å²) in [5.41, 5.74) is 5.61. The van der Waals surface area contributed by atoms with Crippen molar-refractivity contribution in [2.45, 2.75) is 26.2 Å². The first-order valence-corrected chi connectivity index (χ1v) is 19.4. The highest BCUT2D eigenvalue weighted by atomic mass is 28.3. The van der Waals surface area contributed by atoms with E-state index in [4.69, 9.17) is 28.1 Å². The molecule has 0 aliphatic rings. The SMILES string of the molecule is C[N+](C)(C)Cc1ccccc1.C[N+](C)(C)Cc1ccccc1.C[N+](C)(C)Cc1ccccc1.C[N+](C)(C)Cc1ccccc1.O=[Si]([O-])[O-].O=[Si]([O-])[O-]. The number of hydrogen-bond donors (Lipinski definition) is 0. The molecule has 288 valence electrons. The Morgan fingerprint density at radius 1 is 0.327 bits per heavy atom. The van der Waals surface area contributed by atoms with Crippen LogP contribution in [0.3, 0.4) is 0 Å². The molecule has 10 nitrogen and oxygen atoms in total. The predicted molar refractivity (Wildman–Crippen MR) is 206 cm³/mol. The molecular formula is C40H64N4O6Si2. The summed E-state index contributed by atoms with van der Waals surface area (Å²) in [6.45, 7) is 4.39. The molecule has 0 radical (unpaired) electrons. The first-order valence-electron chi connectivity index (χ1n) is 16.9. The average molecular weight is 753 g/mol. The minimum absolute atomic E-state index is 0.990. The van der Waals surface area contributed by atoms with Gasteiger partial charge in [0.25, 0.3) is 0 Å². The molecule has 0 unspecified atom stereocenters. The second-order valence-electron chi connectivity index (χ2n) is 16.2. The topological polar surface area (TPSA) is 126 Å². The van der Waals surface area contributed by atoms with E-state index in [9.17, 15) is 0 Å². The zero-order chi connectivity index (χ0) is 40.4. The Kier molecular flexibility index (Phi) is 24.9. The number of rotatable bonds is 8. The van der Waals surface area contributed by atoms with E-state index < -0.39 is 18.3 Å². The zero-order valence-electron chi connectivity index (χ0n) is 33.6. The molecule has 0 bridgehead atoms. The lowest BCUT2D eigenvalue weighted by Crippen LogP contribution is -2.34. The molecule has 4 aromatic rings. The first-order chi connectivity index (χ1) is 23.8. The molecule has 0 fully saturated rings. The molecule has 0 saturated heterocycles. The third kappa shape index (κ3) is 40.4. The van der Waals surface area contributed by atoms with Gasteiger partial charge in [0.15, 0.2) is 0 Å². The van der Waals surface area contributed by atoms with E-state index in [2.05, 4.69) is 206 Å². The van der Waals surface area contributed by atoms with Crippen LogP contribution in [0.15, 0.2) is 121 Å². The number of hydrogen-bond acceptors (Lipinski definition) is 6. The fourth-order valence-electron chi connectivity index (χ4n) is 4.52. The van der Waals surface area contributed by atoms with Crippen LogP contribution in [0.2, 0.25) is 0 Å². The second kappa shape index (κ2) is 25.8. The summed E-state index contributed by atoms with van der Waals surface area (Å²) in [5, 5.41) is 0. The quantitative estimate of drug-likeness (QED) is 0.200. The minimum Gasteiger partial charge on any atom is -0.672 e. The fourth-order valence-corrected chi connectivity index (χ4v) is 4.52. The maximum Gasteiger partial charge on any atom is 0.104 e. The first kappa shape index (κ1) is 50.1. The predicted octanol–water partition coefficient (Wildman–Crippen LogP) is 1.82. The van der Waals surface area contributed by atoms with E-state index in [1.165, 1.54) is 22.3 Å². The van der Waals surface area contributed by atoms with Crippen molar-refractivity contribution in [3.63, 3.8) is 0 Å². The standard InChI is InChI=1S/4C10H16N.2O3Si/c4*1-11(2,3)9-10-7-5-4-6-8-10;2*1-4(2)3/h4*4-8H,9H2,1-3H3;;/q4*+1;2*-2. The van der Waals surface area contributed by atoms with Crippen LogP contribution >= 0.6 is 0 Å². The van der Waals surface area contributed by atoms with E-state index in [0.717, 1.165) is 44.1 Å². The number of nitrogens with zero attached hydrogens (tertiary/aromatic N) is 4. The summed E-state index contributed by atoms with van der Waals surface area (Å²) in [5.74, 6) is 0. The molecule has 4 rings (SSSR count). The van der Waals surface area contributed by atoms with Crippen molar-refractivity contribution in [1.82, 2.24) is 0 Å². The van der Waals surface area contributed by atoms with Crippen LogP contribution in [0.4, 0.5) is 0 Å². The maximum atomic E-state index is 8.52. The third-order valence-corrected chi connectivity index (χ3v) is 6.00.